The van der Waals surface area contributed by atoms with Gasteiger partial charge in [-0.3, -0.25) is 0 Å². The van der Waals surface area contributed by atoms with Crippen LogP contribution in [0.1, 0.15) is 0 Å². The first-order valence-electron chi connectivity index (χ1n) is 3.33. The fourth-order valence-corrected chi connectivity index (χ4v) is 1.03. The first kappa shape index (κ1) is 5.59. The molecule has 1 N–H and O–H groups in total. The molecule has 0 bridgehead atoms. The lowest BCUT2D eigenvalue weighted by Crippen LogP contribution is -2.17. The van der Waals surface area contributed by atoms with Gasteiger partial charge in [-0.1, -0.05) is 6.07 Å². The number of benzene rings is 1. The van der Waals surface area contributed by atoms with Gasteiger partial charge in [-0.25, -0.2) is 0 Å². The van der Waals surface area contributed by atoms with Crippen LogP contribution in [0.3, 0.4) is 0 Å². The molecule has 2 heteroatoms. The maximum absolute atomic E-state index is 5.34. The SMILES string of the molecule is [c]1ccc2c(c1)NCCO2. The lowest BCUT2D eigenvalue weighted by Gasteiger charge is -2.17. The van der Waals surface area contributed by atoms with E-state index in [1.807, 2.05) is 18.2 Å². The summed E-state index contributed by atoms with van der Waals surface area (Å²) >= 11 is 0. The van der Waals surface area contributed by atoms with Crippen molar-refractivity contribution in [3.8, 4) is 5.75 Å². The fraction of sp³-hybridized carbons (Fsp3) is 0.250. The highest BCUT2D eigenvalue weighted by Gasteiger charge is 2.05. The van der Waals surface area contributed by atoms with Crippen LogP contribution in [0.4, 0.5) is 5.69 Å². The van der Waals surface area contributed by atoms with Gasteiger partial charge in [0.2, 0.25) is 0 Å². The molecule has 2 rings (SSSR count). The topological polar surface area (TPSA) is 21.3 Å². The van der Waals surface area contributed by atoms with Gasteiger partial charge in [-0.15, -0.1) is 0 Å². The number of hydrogen-bond donors (Lipinski definition) is 1. The van der Waals surface area contributed by atoms with Crippen molar-refractivity contribution in [1.29, 1.82) is 0 Å². The predicted octanol–water partition coefficient (Wildman–Crippen LogP) is 1.29. The van der Waals surface area contributed by atoms with E-state index in [4.69, 9.17) is 4.74 Å². The molecular weight excluding hydrogens is 126 g/mol. The summed E-state index contributed by atoms with van der Waals surface area (Å²) in [5.41, 5.74) is 1.05. The molecule has 0 saturated heterocycles. The Labute approximate surface area is 59.8 Å². The smallest absolute Gasteiger partial charge is 0.142 e. The van der Waals surface area contributed by atoms with Crippen molar-refractivity contribution >= 4 is 5.69 Å². The largest absolute Gasteiger partial charge is 0.490 e. The van der Waals surface area contributed by atoms with Crippen LogP contribution in [0, 0.1) is 6.07 Å². The summed E-state index contributed by atoms with van der Waals surface area (Å²) in [6.45, 7) is 1.65. The molecule has 1 aromatic carbocycles. The van der Waals surface area contributed by atoms with Crippen molar-refractivity contribution in [1.82, 2.24) is 0 Å². The van der Waals surface area contributed by atoms with Crippen LogP contribution in [-0.2, 0) is 0 Å². The first-order valence-corrected chi connectivity index (χ1v) is 3.33. The third-order valence-corrected chi connectivity index (χ3v) is 1.50. The van der Waals surface area contributed by atoms with Gasteiger partial charge >= 0.3 is 0 Å². The van der Waals surface area contributed by atoms with Crippen molar-refractivity contribution in [2.75, 3.05) is 18.5 Å². The Morgan fingerprint density at radius 2 is 2.60 bits per heavy atom. The Balaban J connectivity index is 2.41. The molecule has 1 aromatic rings. The van der Waals surface area contributed by atoms with E-state index < -0.39 is 0 Å². The molecule has 1 radical (unpaired) electrons. The first-order chi connectivity index (χ1) is 4.97. The second-order valence-corrected chi connectivity index (χ2v) is 2.20. The molecule has 0 saturated carbocycles. The van der Waals surface area contributed by atoms with Crippen molar-refractivity contribution in [2.24, 2.45) is 0 Å². The lowest BCUT2D eigenvalue weighted by atomic mass is 10.3. The van der Waals surface area contributed by atoms with Crippen LogP contribution in [0.2, 0.25) is 0 Å². The Bertz CT molecular complexity index is 209. The van der Waals surface area contributed by atoms with E-state index in [1.54, 1.807) is 0 Å². The number of rotatable bonds is 0. The minimum atomic E-state index is 0.761. The number of ether oxygens (including phenoxy) is 1. The summed E-state index contributed by atoms with van der Waals surface area (Å²) in [4.78, 5) is 0. The van der Waals surface area contributed by atoms with Crippen LogP contribution in [0.5, 0.6) is 5.75 Å². The molecule has 0 fully saturated rings. The fourth-order valence-electron chi connectivity index (χ4n) is 1.03. The van der Waals surface area contributed by atoms with E-state index in [0.29, 0.717) is 0 Å². The summed E-state index contributed by atoms with van der Waals surface area (Å²) < 4.78 is 5.34. The van der Waals surface area contributed by atoms with Crippen LogP contribution in [0.15, 0.2) is 18.2 Å². The van der Waals surface area contributed by atoms with E-state index in [0.717, 1.165) is 24.6 Å². The maximum atomic E-state index is 5.34. The quantitative estimate of drug-likeness (QED) is 0.577. The zero-order valence-electron chi connectivity index (χ0n) is 5.55. The van der Waals surface area contributed by atoms with E-state index in [1.165, 1.54) is 0 Å². The minimum Gasteiger partial charge on any atom is -0.490 e. The Kier molecular flexibility index (Phi) is 1.24. The molecule has 1 aliphatic heterocycles. The molecule has 10 heavy (non-hydrogen) atoms. The third-order valence-electron chi connectivity index (χ3n) is 1.50. The summed E-state index contributed by atoms with van der Waals surface area (Å²) in [7, 11) is 0. The van der Waals surface area contributed by atoms with Gasteiger partial charge in [0.15, 0.2) is 0 Å². The highest BCUT2D eigenvalue weighted by Crippen LogP contribution is 2.25. The number of hydrogen-bond acceptors (Lipinski definition) is 2. The van der Waals surface area contributed by atoms with Gasteiger partial charge in [0.05, 0.1) is 5.69 Å². The Hall–Kier alpha value is -1.18. The summed E-state index contributed by atoms with van der Waals surface area (Å²) in [6.07, 6.45) is 0. The summed E-state index contributed by atoms with van der Waals surface area (Å²) in [5.74, 6) is 0.935. The molecule has 0 aromatic heterocycles. The van der Waals surface area contributed by atoms with Crippen LogP contribution >= 0.6 is 0 Å². The normalized spacial score (nSPS) is 14.8. The van der Waals surface area contributed by atoms with Gasteiger partial charge in [0, 0.05) is 6.54 Å². The van der Waals surface area contributed by atoms with Gasteiger partial charge < -0.3 is 10.1 Å². The zero-order chi connectivity index (χ0) is 6.81. The van der Waals surface area contributed by atoms with E-state index in [2.05, 4.69) is 11.4 Å². The highest BCUT2D eigenvalue weighted by atomic mass is 16.5. The average molecular weight is 134 g/mol. The number of fused-ring (bicyclic) bond motifs is 1. The molecule has 0 unspecified atom stereocenters. The molecule has 0 spiro atoms. The average Bonchev–Trinajstić information content (AvgIpc) is 2.05. The Morgan fingerprint density at radius 3 is 3.50 bits per heavy atom. The van der Waals surface area contributed by atoms with Crippen LogP contribution in [-0.4, -0.2) is 13.2 Å². The number of anilines is 1. The molecule has 51 valence electrons. The van der Waals surface area contributed by atoms with Gasteiger partial charge in [0.1, 0.15) is 12.4 Å². The van der Waals surface area contributed by atoms with Gasteiger partial charge in [-0.05, 0) is 18.2 Å². The van der Waals surface area contributed by atoms with Crippen molar-refractivity contribution in [2.45, 2.75) is 0 Å². The van der Waals surface area contributed by atoms with E-state index >= 15 is 0 Å². The number of nitrogens with one attached hydrogen (secondary N) is 1. The maximum Gasteiger partial charge on any atom is 0.142 e. The second kappa shape index (κ2) is 2.21. The Morgan fingerprint density at radius 1 is 1.60 bits per heavy atom. The minimum absolute atomic E-state index is 0.761. The van der Waals surface area contributed by atoms with Crippen LogP contribution < -0.4 is 10.1 Å². The standard InChI is InChI=1S/C8H8NO/c1-2-4-8-7(3-1)9-5-6-10-8/h2-4,9H,5-6H2. The van der Waals surface area contributed by atoms with E-state index in [-0.39, 0.29) is 0 Å². The monoisotopic (exact) mass is 134 g/mol. The molecule has 1 heterocycles. The lowest BCUT2D eigenvalue weighted by molar-refractivity contribution is 0.323. The van der Waals surface area contributed by atoms with Gasteiger partial charge in [0.25, 0.3) is 0 Å². The second-order valence-electron chi connectivity index (χ2n) is 2.20. The molecule has 2 nitrogen and oxygen atoms in total. The highest BCUT2D eigenvalue weighted by molar-refractivity contribution is 5.56. The van der Waals surface area contributed by atoms with Crippen LogP contribution in [0.25, 0.3) is 0 Å². The molecule has 0 amide bonds. The third kappa shape index (κ3) is 0.817. The molecule has 1 aliphatic rings. The van der Waals surface area contributed by atoms with Gasteiger partial charge in [-0.2, -0.15) is 0 Å². The van der Waals surface area contributed by atoms with Crippen molar-refractivity contribution in [3.63, 3.8) is 0 Å². The predicted molar refractivity (Wildman–Crippen MR) is 39.3 cm³/mol. The van der Waals surface area contributed by atoms with E-state index in [9.17, 15) is 0 Å². The summed E-state index contributed by atoms with van der Waals surface area (Å²) in [6, 6.07) is 8.65. The van der Waals surface area contributed by atoms with Crippen molar-refractivity contribution in [3.05, 3.63) is 24.3 Å². The molecule has 0 atom stereocenters. The molecular formula is C8H8NO. The summed E-state index contributed by atoms with van der Waals surface area (Å²) in [5, 5.41) is 3.21. The zero-order valence-corrected chi connectivity index (χ0v) is 5.55. The van der Waals surface area contributed by atoms with Crippen molar-refractivity contribution < 1.29 is 4.74 Å². The molecule has 0 aliphatic carbocycles.